The maximum Gasteiger partial charge on any atom is 0.102 e. The minimum atomic E-state index is 0. The van der Waals surface area contributed by atoms with Crippen molar-refractivity contribution in [2.75, 3.05) is 53.4 Å². The van der Waals surface area contributed by atoms with E-state index in [4.69, 9.17) is 5.11 Å². The highest BCUT2D eigenvalue weighted by atomic mass is 35.5. The van der Waals surface area contributed by atoms with E-state index in [2.05, 4.69) is 19.0 Å². The number of hydrogen-bond donors (Lipinski definition) is 1. The SMILES string of the molecule is CN1CC[N+](C)(CCO)CC1.[Cl-]. The van der Waals surface area contributed by atoms with Crippen LogP contribution in [0.2, 0.25) is 0 Å². The summed E-state index contributed by atoms with van der Waals surface area (Å²) in [5, 5.41) is 8.82. The van der Waals surface area contributed by atoms with Gasteiger partial charge in [0.1, 0.15) is 6.54 Å². The van der Waals surface area contributed by atoms with Crippen LogP contribution in [0.1, 0.15) is 0 Å². The molecule has 0 amide bonds. The molecule has 0 saturated carbocycles. The molecule has 0 aromatic heterocycles. The zero-order valence-corrected chi connectivity index (χ0v) is 8.72. The van der Waals surface area contributed by atoms with Gasteiger partial charge < -0.3 is 22.0 Å². The van der Waals surface area contributed by atoms with Crippen molar-refractivity contribution >= 4 is 0 Å². The van der Waals surface area contributed by atoms with Gasteiger partial charge in [0.05, 0.1) is 26.7 Å². The summed E-state index contributed by atoms with van der Waals surface area (Å²) in [5.41, 5.74) is 0. The lowest BCUT2D eigenvalue weighted by molar-refractivity contribution is -0.913. The fourth-order valence-electron chi connectivity index (χ4n) is 1.51. The standard InChI is InChI=1S/C8H19N2O.ClH/c1-9-3-5-10(2,6-4-9)7-8-11;/h11H,3-8H2,1-2H3;1H/q+1;/p-1. The van der Waals surface area contributed by atoms with Crippen LogP contribution >= 0.6 is 0 Å². The second kappa shape index (κ2) is 5.02. The Balaban J connectivity index is 0.00000121. The average molecular weight is 195 g/mol. The molecule has 0 atom stereocenters. The van der Waals surface area contributed by atoms with E-state index in [1.165, 1.54) is 13.1 Å². The van der Waals surface area contributed by atoms with Crippen LogP contribution in [-0.2, 0) is 0 Å². The fraction of sp³-hybridized carbons (Fsp3) is 1.00. The minimum absolute atomic E-state index is 0. The van der Waals surface area contributed by atoms with Crippen molar-refractivity contribution in [3.8, 4) is 0 Å². The lowest BCUT2D eigenvalue weighted by atomic mass is 10.3. The summed E-state index contributed by atoms with van der Waals surface area (Å²) >= 11 is 0. The minimum Gasteiger partial charge on any atom is -1.00 e. The number of rotatable bonds is 2. The first-order valence-corrected chi connectivity index (χ1v) is 4.29. The first-order valence-electron chi connectivity index (χ1n) is 4.29. The predicted molar refractivity (Wildman–Crippen MR) is 45.4 cm³/mol. The van der Waals surface area contributed by atoms with Crippen molar-refractivity contribution < 1.29 is 22.0 Å². The summed E-state index contributed by atoms with van der Waals surface area (Å²) in [7, 11) is 4.38. The van der Waals surface area contributed by atoms with Gasteiger partial charge in [0.25, 0.3) is 0 Å². The van der Waals surface area contributed by atoms with Gasteiger partial charge in [0, 0.05) is 13.1 Å². The Kier molecular flexibility index (Phi) is 5.09. The van der Waals surface area contributed by atoms with Crippen molar-refractivity contribution in [3.63, 3.8) is 0 Å². The number of halogens is 1. The Labute approximate surface area is 81.0 Å². The van der Waals surface area contributed by atoms with Crippen LogP contribution in [0.4, 0.5) is 0 Å². The molecule has 1 aliphatic heterocycles. The normalized spacial score (nSPS) is 23.2. The number of piperazine rings is 1. The van der Waals surface area contributed by atoms with Gasteiger partial charge in [-0.15, -0.1) is 0 Å². The third-order valence-corrected chi connectivity index (χ3v) is 2.68. The molecule has 0 radical (unpaired) electrons. The number of quaternary nitrogens is 1. The molecule has 1 heterocycles. The third kappa shape index (κ3) is 3.27. The van der Waals surface area contributed by atoms with Crippen LogP contribution in [0.25, 0.3) is 0 Å². The Morgan fingerprint density at radius 3 is 2.25 bits per heavy atom. The van der Waals surface area contributed by atoms with Crippen LogP contribution in [0.5, 0.6) is 0 Å². The summed E-state index contributed by atoms with van der Waals surface area (Å²) < 4.78 is 1.04. The molecule has 0 aromatic rings. The lowest BCUT2D eigenvalue weighted by Crippen LogP contribution is -3.00. The second-order valence-electron chi connectivity index (χ2n) is 3.82. The van der Waals surface area contributed by atoms with Crippen LogP contribution < -0.4 is 12.4 Å². The summed E-state index contributed by atoms with van der Waals surface area (Å²) in [6, 6.07) is 0. The van der Waals surface area contributed by atoms with Crippen molar-refractivity contribution in [2.24, 2.45) is 0 Å². The van der Waals surface area contributed by atoms with Crippen molar-refractivity contribution in [1.29, 1.82) is 0 Å². The topological polar surface area (TPSA) is 23.5 Å². The van der Waals surface area contributed by atoms with Gasteiger partial charge >= 0.3 is 0 Å². The van der Waals surface area contributed by atoms with Gasteiger partial charge in [-0.1, -0.05) is 0 Å². The van der Waals surface area contributed by atoms with Gasteiger partial charge in [-0.3, -0.25) is 4.90 Å². The maximum absolute atomic E-state index is 8.82. The van der Waals surface area contributed by atoms with E-state index in [1.54, 1.807) is 0 Å². The zero-order valence-electron chi connectivity index (χ0n) is 7.96. The highest BCUT2D eigenvalue weighted by Crippen LogP contribution is 2.07. The predicted octanol–water partition coefficient (Wildman–Crippen LogP) is -3.63. The van der Waals surface area contributed by atoms with Crippen molar-refractivity contribution in [1.82, 2.24) is 4.90 Å². The van der Waals surface area contributed by atoms with E-state index < -0.39 is 0 Å². The highest BCUT2D eigenvalue weighted by molar-refractivity contribution is 4.57. The molecule has 1 aliphatic rings. The number of hydrogen-bond acceptors (Lipinski definition) is 2. The monoisotopic (exact) mass is 194 g/mol. The zero-order chi connectivity index (χ0) is 8.32. The molecule has 12 heavy (non-hydrogen) atoms. The molecule has 0 aromatic carbocycles. The summed E-state index contributed by atoms with van der Waals surface area (Å²) in [6.07, 6.45) is 0. The summed E-state index contributed by atoms with van der Waals surface area (Å²) in [5.74, 6) is 0. The number of likely N-dealkylation sites (N-methyl/N-ethyl adjacent to an activating group) is 2. The van der Waals surface area contributed by atoms with Crippen LogP contribution in [0.3, 0.4) is 0 Å². The molecule has 4 heteroatoms. The molecule has 3 nitrogen and oxygen atoms in total. The number of nitrogens with zero attached hydrogens (tertiary/aromatic N) is 2. The van der Waals surface area contributed by atoms with E-state index in [0.29, 0.717) is 6.61 Å². The van der Waals surface area contributed by atoms with Gasteiger partial charge in [-0.25, -0.2) is 0 Å². The summed E-state index contributed by atoms with van der Waals surface area (Å²) in [6.45, 7) is 5.91. The Morgan fingerprint density at radius 1 is 1.33 bits per heavy atom. The molecule has 74 valence electrons. The van der Waals surface area contributed by atoms with Crippen LogP contribution in [0, 0.1) is 0 Å². The Bertz CT molecular complexity index is 124. The van der Waals surface area contributed by atoms with E-state index in [0.717, 1.165) is 24.1 Å². The van der Waals surface area contributed by atoms with E-state index in [-0.39, 0.29) is 12.4 Å². The molecular formula is C8H19ClN2O. The maximum atomic E-state index is 8.82. The first-order chi connectivity index (χ1) is 5.16. The fourth-order valence-corrected chi connectivity index (χ4v) is 1.51. The quantitative estimate of drug-likeness (QED) is 0.459. The largest absolute Gasteiger partial charge is 1.00 e. The summed E-state index contributed by atoms with van der Waals surface area (Å²) in [4.78, 5) is 2.34. The van der Waals surface area contributed by atoms with Crippen molar-refractivity contribution in [3.05, 3.63) is 0 Å². The molecule has 0 unspecified atom stereocenters. The van der Waals surface area contributed by atoms with Crippen molar-refractivity contribution in [2.45, 2.75) is 0 Å². The molecule has 0 aliphatic carbocycles. The van der Waals surface area contributed by atoms with Gasteiger partial charge in [0.15, 0.2) is 0 Å². The Hall–Kier alpha value is 0.170. The van der Waals surface area contributed by atoms with E-state index >= 15 is 0 Å². The molecule has 1 rings (SSSR count). The molecule has 0 spiro atoms. The first kappa shape index (κ1) is 12.2. The molecule has 1 saturated heterocycles. The van der Waals surface area contributed by atoms with E-state index in [9.17, 15) is 0 Å². The van der Waals surface area contributed by atoms with Crippen LogP contribution in [-0.4, -0.2) is 67.9 Å². The Morgan fingerprint density at radius 2 is 1.83 bits per heavy atom. The molecule has 1 fully saturated rings. The van der Waals surface area contributed by atoms with Gasteiger partial charge in [-0.05, 0) is 7.05 Å². The smallest absolute Gasteiger partial charge is 0.102 e. The van der Waals surface area contributed by atoms with Gasteiger partial charge in [0.2, 0.25) is 0 Å². The molecule has 1 N–H and O–H groups in total. The van der Waals surface area contributed by atoms with Crippen LogP contribution in [0.15, 0.2) is 0 Å². The number of aliphatic hydroxyl groups is 1. The average Bonchev–Trinajstić information content (AvgIpc) is 1.97. The molecule has 0 bridgehead atoms. The third-order valence-electron chi connectivity index (χ3n) is 2.68. The van der Waals surface area contributed by atoms with Gasteiger partial charge in [-0.2, -0.15) is 0 Å². The lowest BCUT2D eigenvalue weighted by Gasteiger charge is -2.40. The second-order valence-corrected chi connectivity index (χ2v) is 3.82. The van der Waals surface area contributed by atoms with E-state index in [1.807, 2.05) is 0 Å². The highest BCUT2D eigenvalue weighted by Gasteiger charge is 2.25. The number of aliphatic hydroxyl groups excluding tert-OH is 1. The molecular weight excluding hydrogens is 176 g/mol.